The number of carbonyl (C=O) groups excluding carboxylic acids is 1. The summed E-state index contributed by atoms with van der Waals surface area (Å²) >= 11 is 18.5. The van der Waals surface area contributed by atoms with Crippen LogP contribution in [0.5, 0.6) is 0 Å². The van der Waals surface area contributed by atoms with E-state index in [4.69, 9.17) is 39.5 Å². The van der Waals surface area contributed by atoms with Crippen molar-refractivity contribution < 1.29 is 9.53 Å². The molecule has 25 heavy (non-hydrogen) atoms. The summed E-state index contributed by atoms with van der Waals surface area (Å²) in [5.41, 5.74) is 5.30. The van der Waals surface area contributed by atoms with E-state index in [1.165, 1.54) is 7.11 Å². The Labute approximate surface area is 160 Å². The number of nitrogens with zero attached hydrogens (tertiary/aromatic N) is 1. The van der Waals surface area contributed by atoms with E-state index in [0.29, 0.717) is 27.2 Å². The summed E-state index contributed by atoms with van der Waals surface area (Å²) in [5, 5.41) is 5.89. The van der Waals surface area contributed by atoms with Crippen molar-refractivity contribution in [1.29, 1.82) is 0 Å². The highest BCUT2D eigenvalue weighted by Crippen LogP contribution is 2.37. The first-order chi connectivity index (χ1) is 12.0. The van der Waals surface area contributed by atoms with E-state index in [2.05, 4.69) is 10.5 Å². The molecule has 7 heteroatoms. The number of methoxy groups -OCH3 is 1. The van der Waals surface area contributed by atoms with Gasteiger partial charge in [-0.15, -0.1) is 0 Å². The molecule has 1 N–H and O–H groups in total. The Morgan fingerprint density at radius 3 is 2.48 bits per heavy atom. The van der Waals surface area contributed by atoms with Crippen molar-refractivity contribution in [2.75, 3.05) is 7.11 Å². The van der Waals surface area contributed by atoms with Crippen molar-refractivity contribution in [3.63, 3.8) is 0 Å². The molecule has 1 aliphatic rings. The highest BCUT2D eigenvalue weighted by atomic mass is 35.5. The lowest BCUT2D eigenvalue weighted by Crippen LogP contribution is -2.29. The molecule has 0 radical (unpaired) electrons. The zero-order valence-corrected chi connectivity index (χ0v) is 15.6. The predicted molar refractivity (Wildman–Crippen MR) is 101 cm³/mol. The molecule has 130 valence electrons. The number of esters is 1. The van der Waals surface area contributed by atoms with Gasteiger partial charge in [-0.05, 0) is 35.4 Å². The fourth-order valence-electron chi connectivity index (χ4n) is 2.95. The van der Waals surface area contributed by atoms with Crippen LogP contribution < -0.4 is 5.43 Å². The molecule has 2 atom stereocenters. The molecule has 1 heterocycles. The highest BCUT2D eigenvalue weighted by molar-refractivity contribution is 6.37. The van der Waals surface area contributed by atoms with Gasteiger partial charge in [-0.3, -0.25) is 0 Å². The van der Waals surface area contributed by atoms with E-state index in [1.807, 2.05) is 30.3 Å². The van der Waals surface area contributed by atoms with E-state index in [-0.39, 0.29) is 12.0 Å². The van der Waals surface area contributed by atoms with Crippen LogP contribution in [0.1, 0.15) is 23.5 Å². The third-order valence-corrected chi connectivity index (χ3v) is 4.94. The fourth-order valence-corrected chi connectivity index (χ4v) is 3.60. The van der Waals surface area contributed by atoms with Crippen LogP contribution in [0.25, 0.3) is 0 Å². The fraction of sp³-hybridized carbons (Fsp3) is 0.222. The van der Waals surface area contributed by atoms with Gasteiger partial charge in [0.15, 0.2) is 0 Å². The molecule has 0 amide bonds. The lowest BCUT2D eigenvalue weighted by atomic mass is 9.83. The molecule has 0 fully saturated rings. The summed E-state index contributed by atoms with van der Waals surface area (Å²) < 4.78 is 4.76. The monoisotopic (exact) mass is 396 g/mol. The van der Waals surface area contributed by atoms with Gasteiger partial charge in [0.25, 0.3) is 0 Å². The van der Waals surface area contributed by atoms with E-state index in [9.17, 15) is 4.79 Å². The SMILES string of the molecule is COC(=O)C1=NN[C@H](C(c2ccc(Cl)cc2)c2ccc(Cl)cc2Cl)C1. The number of nitrogens with one attached hydrogen (secondary N) is 1. The van der Waals surface area contributed by atoms with Crippen LogP contribution in [0, 0.1) is 0 Å². The molecule has 3 rings (SSSR count). The number of rotatable bonds is 4. The lowest BCUT2D eigenvalue weighted by Gasteiger charge is -2.25. The molecule has 0 aliphatic carbocycles. The number of hydrogen-bond donors (Lipinski definition) is 1. The number of carbonyl (C=O) groups is 1. The van der Waals surface area contributed by atoms with E-state index < -0.39 is 5.97 Å². The van der Waals surface area contributed by atoms with Crippen molar-refractivity contribution in [3.8, 4) is 0 Å². The van der Waals surface area contributed by atoms with Crippen molar-refractivity contribution in [3.05, 3.63) is 68.7 Å². The van der Waals surface area contributed by atoms with Crippen LogP contribution in [0.3, 0.4) is 0 Å². The van der Waals surface area contributed by atoms with Gasteiger partial charge < -0.3 is 10.2 Å². The van der Waals surface area contributed by atoms with Crippen LogP contribution in [0.2, 0.25) is 15.1 Å². The Morgan fingerprint density at radius 2 is 1.84 bits per heavy atom. The maximum atomic E-state index is 11.8. The summed E-state index contributed by atoms with van der Waals surface area (Å²) in [7, 11) is 1.34. The molecule has 0 saturated carbocycles. The summed E-state index contributed by atoms with van der Waals surface area (Å²) in [6.07, 6.45) is 0.429. The summed E-state index contributed by atoms with van der Waals surface area (Å²) in [6, 6.07) is 12.8. The molecule has 0 spiro atoms. The largest absolute Gasteiger partial charge is 0.464 e. The maximum absolute atomic E-state index is 11.8. The second-order valence-corrected chi connectivity index (χ2v) is 6.96. The van der Waals surface area contributed by atoms with Crippen LogP contribution in [0.4, 0.5) is 0 Å². The van der Waals surface area contributed by atoms with Crippen LogP contribution >= 0.6 is 34.8 Å². The van der Waals surface area contributed by atoms with E-state index in [1.54, 1.807) is 12.1 Å². The zero-order valence-electron chi connectivity index (χ0n) is 13.3. The Kier molecular flexibility index (Phi) is 5.52. The molecule has 0 aromatic heterocycles. The van der Waals surface area contributed by atoms with Crippen molar-refractivity contribution in [2.45, 2.75) is 18.4 Å². The number of hydrogen-bond acceptors (Lipinski definition) is 4. The third-order valence-electron chi connectivity index (χ3n) is 4.13. The van der Waals surface area contributed by atoms with Crippen LogP contribution in [-0.2, 0) is 9.53 Å². The first kappa shape index (κ1) is 18.1. The second kappa shape index (κ2) is 7.65. The van der Waals surface area contributed by atoms with Gasteiger partial charge in [-0.25, -0.2) is 4.79 Å². The first-order valence-corrected chi connectivity index (χ1v) is 8.74. The van der Waals surface area contributed by atoms with Crippen molar-refractivity contribution in [1.82, 2.24) is 5.43 Å². The number of benzene rings is 2. The van der Waals surface area contributed by atoms with Crippen molar-refractivity contribution in [2.24, 2.45) is 5.10 Å². The summed E-state index contributed by atoms with van der Waals surface area (Å²) in [6.45, 7) is 0. The molecule has 2 aromatic carbocycles. The third kappa shape index (κ3) is 3.92. The van der Waals surface area contributed by atoms with Gasteiger partial charge in [-0.1, -0.05) is 53.0 Å². The number of ether oxygens (including phenoxy) is 1. The molecular weight excluding hydrogens is 383 g/mol. The zero-order chi connectivity index (χ0) is 18.0. The topological polar surface area (TPSA) is 50.7 Å². The lowest BCUT2D eigenvalue weighted by molar-refractivity contribution is -0.132. The smallest absolute Gasteiger partial charge is 0.354 e. The quantitative estimate of drug-likeness (QED) is 0.763. The Bertz CT molecular complexity index is 822. The minimum Gasteiger partial charge on any atom is -0.464 e. The Balaban J connectivity index is 1.99. The van der Waals surface area contributed by atoms with Crippen LogP contribution in [-0.4, -0.2) is 24.8 Å². The van der Waals surface area contributed by atoms with Gasteiger partial charge in [0.1, 0.15) is 5.71 Å². The normalized spacial score (nSPS) is 17.6. The molecule has 1 unspecified atom stereocenters. The second-order valence-electron chi connectivity index (χ2n) is 5.68. The highest BCUT2D eigenvalue weighted by Gasteiger charge is 2.33. The predicted octanol–water partition coefficient (Wildman–Crippen LogP) is 4.67. The molecule has 4 nitrogen and oxygen atoms in total. The minimum absolute atomic E-state index is 0.132. The maximum Gasteiger partial charge on any atom is 0.354 e. The molecular formula is C18H15Cl3N2O2. The molecule has 1 aliphatic heterocycles. The van der Waals surface area contributed by atoms with E-state index >= 15 is 0 Å². The summed E-state index contributed by atoms with van der Waals surface area (Å²) in [4.78, 5) is 11.8. The number of halogens is 3. The first-order valence-electron chi connectivity index (χ1n) is 7.60. The van der Waals surface area contributed by atoms with Gasteiger partial charge in [0.05, 0.1) is 13.2 Å². The van der Waals surface area contributed by atoms with Crippen LogP contribution in [0.15, 0.2) is 47.6 Å². The van der Waals surface area contributed by atoms with Gasteiger partial charge in [0.2, 0.25) is 0 Å². The standard InChI is InChI=1S/C18H15Cl3N2O2/c1-25-18(24)16-9-15(22-23-16)17(10-2-4-11(19)5-3-10)13-7-6-12(20)8-14(13)21/h2-8,15,17,22H,9H2,1H3/t15-,17?/m0/s1. The average molecular weight is 398 g/mol. The Hall–Kier alpha value is -1.75. The minimum atomic E-state index is -0.438. The molecule has 2 aromatic rings. The average Bonchev–Trinajstić information content (AvgIpc) is 3.07. The molecule has 0 saturated heterocycles. The van der Waals surface area contributed by atoms with Gasteiger partial charge in [-0.2, -0.15) is 5.10 Å². The van der Waals surface area contributed by atoms with Gasteiger partial charge >= 0.3 is 5.97 Å². The van der Waals surface area contributed by atoms with E-state index in [0.717, 1.165) is 11.1 Å². The number of hydrazone groups is 1. The summed E-state index contributed by atoms with van der Waals surface area (Å²) in [5.74, 6) is -0.569. The van der Waals surface area contributed by atoms with Crippen molar-refractivity contribution >= 4 is 46.5 Å². The van der Waals surface area contributed by atoms with Gasteiger partial charge in [0, 0.05) is 27.4 Å². The molecule has 0 bridgehead atoms. The Morgan fingerprint density at radius 1 is 1.16 bits per heavy atom.